The number of benzene rings is 1. The van der Waals surface area contributed by atoms with Crippen molar-refractivity contribution in [3.05, 3.63) is 29.8 Å². The molecule has 0 saturated heterocycles. The van der Waals surface area contributed by atoms with Crippen LogP contribution in [0.1, 0.15) is 25.8 Å². The van der Waals surface area contributed by atoms with E-state index >= 15 is 0 Å². The Balaban J connectivity index is 2.54. The third-order valence-corrected chi connectivity index (χ3v) is 3.15. The maximum absolute atomic E-state index is 11.9. The first-order valence-corrected chi connectivity index (χ1v) is 7.12. The van der Waals surface area contributed by atoms with E-state index in [-0.39, 0.29) is 25.5 Å². The molecule has 1 unspecified atom stereocenters. The highest BCUT2D eigenvalue weighted by molar-refractivity contribution is 5.79. The molecule has 6 nitrogen and oxygen atoms in total. The van der Waals surface area contributed by atoms with Gasteiger partial charge < -0.3 is 19.9 Å². The minimum Gasteiger partial charge on any atom is -0.484 e. The molecule has 1 rings (SSSR count). The van der Waals surface area contributed by atoms with Gasteiger partial charge in [-0.25, -0.2) is 0 Å². The predicted octanol–water partition coefficient (Wildman–Crippen LogP) is 1.62. The van der Waals surface area contributed by atoms with Gasteiger partial charge in [0.05, 0.1) is 18.6 Å². The lowest BCUT2D eigenvalue weighted by Crippen LogP contribution is -2.52. The molecule has 0 saturated carbocycles. The summed E-state index contributed by atoms with van der Waals surface area (Å²) in [4.78, 5) is 22.8. The summed E-state index contributed by atoms with van der Waals surface area (Å²) in [5.41, 5.74) is 0.221. The summed E-state index contributed by atoms with van der Waals surface area (Å²) in [7, 11) is 1.46. The van der Waals surface area contributed by atoms with E-state index in [2.05, 4.69) is 12.2 Å². The van der Waals surface area contributed by atoms with Gasteiger partial charge in [-0.15, -0.1) is 0 Å². The van der Waals surface area contributed by atoms with Crippen LogP contribution in [0.5, 0.6) is 5.75 Å². The third kappa shape index (κ3) is 6.13. The summed E-state index contributed by atoms with van der Waals surface area (Å²) in [5.74, 6) is -0.796. The minimum absolute atomic E-state index is 0.107. The Morgan fingerprint density at radius 1 is 1.27 bits per heavy atom. The van der Waals surface area contributed by atoms with Crippen molar-refractivity contribution in [1.82, 2.24) is 5.32 Å². The SMILES string of the molecule is CCc1ccc(OCC(=O)NC(C)(COC)CC(=O)O)cc1. The van der Waals surface area contributed by atoms with Crippen LogP contribution in [-0.4, -0.2) is 42.8 Å². The minimum atomic E-state index is -1.00. The van der Waals surface area contributed by atoms with Gasteiger partial charge in [-0.1, -0.05) is 19.1 Å². The third-order valence-electron chi connectivity index (χ3n) is 3.15. The standard InChI is InChI=1S/C16H23NO5/c1-4-12-5-7-13(8-6-12)22-10-14(18)17-16(2,11-21-3)9-15(19)20/h5-8H,4,9-11H2,1-3H3,(H,17,18)(H,19,20). The first kappa shape index (κ1) is 18.0. The highest BCUT2D eigenvalue weighted by atomic mass is 16.5. The number of carboxylic acids is 1. The molecule has 122 valence electrons. The molecule has 0 spiro atoms. The number of aryl methyl sites for hydroxylation is 1. The van der Waals surface area contributed by atoms with Crippen molar-refractivity contribution in [2.75, 3.05) is 20.3 Å². The van der Waals surface area contributed by atoms with Crippen molar-refractivity contribution in [3.8, 4) is 5.75 Å². The van der Waals surface area contributed by atoms with E-state index in [1.54, 1.807) is 19.1 Å². The van der Waals surface area contributed by atoms with Crippen LogP contribution in [0, 0.1) is 0 Å². The molecule has 0 fully saturated rings. The number of nitrogens with one attached hydrogen (secondary N) is 1. The molecule has 0 radical (unpaired) electrons. The second kappa shape index (κ2) is 8.38. The van der Waals surface area contributed by atoms with E-state index in [1.165, 1.54) is 12.7 Å². The number of amides is 1. The van der Waals surface area contributed by atoms with Gasteiger partial charge in [0.1, 0.15) is 5.75 Å². The van der Waals surface area contributed by atoms with Crippen LogP contribution in [0.25, 0.3) is 0 Å². The molecule has 2 N–H and O–H groups in total. The molecule has 1 atom stereocenters. The highest BCUT2D eigenvalue weighted by Crippen LogP contribution is 2.13. The van der Waals surface area contributed by atoms with Crippen LogP contribution in [0.2, 0.25) is 0 Å². The van der Waals surface area contributed by atoms with Crippen molar-refractivity contribution < 1.29 is 24.2 Å². The number of carbonyl (C=O) groups is 2. The number of methoxy groups -OCH3 is 1. The Morgan fingerprint density at radius 2 is 1.91 bits per heavy atom. The second-order valence-electron chi connectivity index (χ2n) is 5.40. The molecule has 6 heteroatoms. The van der Waals surface area contributed by atoms with E-state index in [0.717, 1.165) is 6.42 Å². The van der Waals surface area contributed by atoms with E-state index in [4.69, 9.17) is 14.6 Å². The van der Waals surface area contributed by atoms with Gasteiger partial charge in [-0.2, -0.15) is 0 Å². The molecule has 0 aliphatic heterocycles. The number of aliphatic carboxylic acids is 1. The molecular formula is C16H23NO5. The van der Waals surface area contributed by atoms with Gasteiger partial charge in [-0.05, 0) is 31.0 Å². The summed E-state index contributed by atoms with van der Waals surface area (Å²) in [5, 5.41) is 11.6. The smallest absolute Gasteiger partial charge is 0.305 e. The van der Waals surface area contributed by atoms with Gasteiger partial charge in [0.2, 0.25) is 0 Å². The second-order valence-corrected chi connectivity index (χ2v) is 5.40. The topological polar surface area (TPSA) is 84.9 Å². The average Bonchev–Trinajstić information content (AvgIpc) is 2.44. The van der Waals surface area contributed by atoms with E-state index in [0.29, 0.717) is 5.75 Å². The lowest BCUT2D eigenvalue weighted by Gasteiger charge is -2.28. The molecular weight excluding hydrogens is 286 g/mol. The van der Waals surface area contributed by atoms with Crippen molar-refractivity contribution >= 4 is 11.9 Å². The molecule has 0 aliphatic carbocycles. The zero-order valence-electron chi connectivity index (χ0n) is 13.2. The first-order chi connectivity index (χ1) is 10.4. The number of carboxylic acid groups (broad SMARTS) is 1. The Bertz CT molecular complexity index is 500. The molecule has 0 aliphatic rings. The summed E-state index contributed by atoms with van der Waals surface area (Å²) < 4.78 is 10.4. The Labute approximate surface area is 130 Å². The van der Waals surface area contributed by atoms with E-state index in [1.807, 2.05) is 12.1 Å². The van der Waals surface area contributed by atoms with E-state index < -0.39 is 11.5 Å². The summed E-state index contributed by atoms with van der Waals surface area (Å²) in [6.07, 6.45) is 0.711. The normalized spacial score (nSPS) is 13.2. The number of carbonyl (C=O) groups excluding carboxylic acids is 1. The zero-order valence-corrected chi connectivity index (χ0v) is 13.2. The van der Waals surface area contributed by atoms with Crippen molar-refractivity contribution in [2.45, 2.75) is 32.2 Å². The Morgan fingerprint density at radius 3 is 2.41 bits per heavy atom. The Hall–Kier alpha value is -2.08. The maximum Gasteiger partial charge on any atom is 0.305 e. The van der Waals surface area contributed by atoms with Gasteiger partial charge in [0, 0.05) is 7.11 Å². The van der Waals surface area contributed by atoms with Crippen molar-refractivity contribution in [1.29, 1.82) is 0 Å². The quantitative estimate of drug-likeness (QED) is 0.724. The molecule has 1 aromatic carbocycles. The first-order valence-electron chi connectivity index (χ1n) is 7.12. The summed E-state index contributed by atoms with van der Waals surface area (Å²) in [6.45, 7) is 3.61. The Kier molecular flexibility index (Phi) is 6.85. The van der Waals surface area contributed by atoms with Crippen LogP contribution in [0.15, 0.2) is 24.3 Å². The van der Waals surface area contributed by atoms with Crippen LogP contribution in [0.4, 0.5) is 0 Å². The summed E-state index contributed by atoms with van der Waals surface area (Å²) in [6, 6.07) is 7.48. The van der Waals surface area contributed by atoms with Crippen molar-refractivity contribution in [2.24, 2.45) is 0 Å². The van der Waals surface area contributed by atoms with Crippen LogP contribution in [0.3, 0.4) is 0 Å². The van der Waals surface area contributed by atoms with E-state index in [9.17, 15) is 9.59 Å². The maximum atomic E-state index is 11.9. The highest BCUT2D eigenvalue weighted by Gasteiger charge is 2.29. The lowest BCUT2D eigenvalue weighted by atomic mass is 9.99. The fourth-order valence-corrected chi connectivity index (χ4v) is 2.13. The fourth-order valence-electron chi connectivity index (χ4n) is 2.13. The predicted molar refractivity (Wildman–Crippen MR) is 82.0 cm³/mol. The number of ether oxygens (including phenoxy) is 2. The molecule has 0 aromatic heterocycles. The average molecular weight is 309 g/mol. The lowest BCUT2D eigenvalue weighted by molar-refractivity contribution is -0.139. The van der Waals surface area contributed by atoms with Crippen molar-refractivity contribution in [3.63, 3.8) is 0 Å². The molecule has 1 aromatic rings. The number of hydrogen-bond acceptors (Lipinski definition) is 4. The number of rotatable bonds is 9. The monoisotopic (exact) mass is 309 g/mol. The van der Waals surface area contributed by atoms with Crippen LogP contribution < -0.4 is 10.1 Å². The van der Waals surface area contributed by atoms with Gasteiger partial charge in [0.25, 0.3) is 5.91 Å². The van der Waals surface area contributed by atoms with Gasteiger partial charge in [-0.3, -0.25) is 9.59 Å². The largest absolute Gasteiger partial charge is 0.484 e. The molecule has 0 bridgehead atoms. The van der Waals surface area contributed by atoms with Gasteiger partial charge >= 0.3 is 5.97 Å². The molecule has 22 heavy (non-hydrogen) atoms. The summed E-state index contributed by atoms with van der Waals surface area (Å²) >= 11 is 0. The fraction of sp³-hybridized carbons (Fsp3) is 0.500. The zero-order chi connectivity index (χ0) is 16.6. The van der Waals surface area contributed by atoms with Crippen LogP contribution >= 0.6 is 0 Å². The molecule has 0 heterocycles. The number of hydrogen-bond donors (Lipinski definition) is 2. The van der Waals surface area contributed by atoms with Crippen LogP contribution in [-0.2, 0) is 20.7 Å². The van der Waals surface area contributed by atoms with Gasteiger partial charge in [0.15, 0.2) is 6.61 Å². The molecule has 1 amide bonds.